The Kier molecular flexibility index (Phi) is 9.64. The molecule has 0 aromatic heterocycles. The van der Waals surface area contributed by atoms with Gasteiger partial charge in [0.05, 0.1) is 17.9 Å². The Labute approximate surface area is 253 Å². The highest BCUT2D eigenvalue weighted by atomic mass is 35.5. The van der Waals surface area contributed by atoms with Crippen LogP contribution in [0.4, 0.5) is 5.69 Å². The van der Waals surface area contributed by atoms with Crippen LogP contribution in [0, 0.1) is 11.8 Å². The van der Waals surface area contributed by atoms with Crippen molar-refractivity contribution in [1.82, 2.24) is 15.1 Å². The topological polar surface area (TPSA) is 91.0 Å². The van der Waals surface area contributed by atoms with Crippen LogP contribution in [0.3, 0.4) is 0 Å². The number of halogens is 2. The molecule has 1 saturated carbocycles. The first-order chi connectivity index (χ1) is 19.8. The third kappa shape index (κ3) is 6.17. The summed E-state index contributed by atoms with van der Waals surface area (Å²) in [4.78, 5) is 45.9. The lowest BCUT2D eigenvalue weighted by Crippen LogP contribution is -2.56. The molecule has 0 radical (unpaired) electrons. The van der Waals surface area contributed by atoms with Crippen LogP contribution in [0.5, 0.6) is 0 Å². The molecule has 5 rings (SSSR count). The number of anilines is 1. The first-order valence-corrected chi connectivity index (χ1v) is 16.0. The van der Waals surface area contributed by atoms with E-state index in [1.54, 1.807) is 23.1 Å². The fourth-order valence-electron chi connectivity index (χ4n) is 7.32. The maximum absolute atomic E-state index is 14.2. The highest BCUT2D eigenvalue weighted by molar-refractivity contribution is 6.35. The average Bonchev–Trinajstić information content (AvgIpc) is 3.56. The monoisotopic (exact) mass is 604 g/mol. The first-order valence-electron chi connectivity index (χ1n) is 15.2. The van der Waals surface area contributed by atoms with E-state index in [4.69, 9.17) is 27.9 Å². The summed E-state index contributed by atoms with van der Waals surface area (Å²) in [6, 6.07) is 4.11. The van der Waals surface area contributed by atoms with Crippen LogP contribution in [0.25, 0.3) is 0 Å². The van der Waals surface area contributed by atoms with Gasteiger partial charge in [-0.05, 0) is 69.9 Å². The number of hydrogen-bond acceptors (Lipinski definition) is 5. The Bertz CT molecular complexity index is 1150. The summed E-state index contributed by atoms with van der Waals surface area (Å²) < 4.78 is 6.47. The van der Waals surface area contributed by atoms with Crippen molar-refractivity contribution < 1.29 is 19.1 Å². The minimum atomic E-state index is -1.17. The second kappa shape index (κ2) is 13.0. The molecule has 3 fully saturated rings. The van der Waals surface area contributed by atoms with Crippen LogP contribution in [0.15, 0.2) is 30.4 Å². The lowest BCUT2D eigenvalue weighted by Gasteiger charge is -2.34. The number of carbonyl (C=O) groups excluding carboxylic acids is 3. The van der Waals surface area contributed by atoms with Crippen molar-refractivity contribution in [3.63, 3.8) is 0 Å². The number of nitrogens with zero attached hydrogens (tertiary/aromatic N) is 2. The van der Waals surface area contributed by atoms with Crippen molar-refractivity contribution in [1.29, 1.82) is 0 Å². The number of ether oxygens (including phenoxy) is 1. The Morgan fingerprint density at radius 3 is 2.37 bits per heavy atom. The molecule has 0 unspecified atom stereocenters. The second-order valence-electron chi connectivity index (χ2n) is 11.9. The number of fused-ring (bicyclic) bond motifs is 1. The van der Waals surface area contributed by atoms with E-state index in [9.17, 15) is 14.4 Å². The minimum Gasteiger partial charge on any atom is -0.359 e. The van der Waals surface area contributed by atoms with Gasteiger partial charge < -0.3 is 25.2 Å². The van der Waals surface area contributed by atoms with Gasteiger partial charge in [-0.15, -0.1) is 0 Å². The van der Waals surface area contributed by atoms with E-state index in [1.165, 1.54) is 6.42 Å². The molecule has 1 aromatic carbocycles. The van der Waals surface area contributed by atoms with E-state index in [0.717, 1.165) is 64.6 Å². The van der Waals surface area contributed by atoms with E-state index in [2.05, 4.69) is 29.4 Å². The Morgan fingerprint density at radius 1 is 1.02 bits per heavy atom. The molecule has 2 N–H and O–H groups in total. The molecule has 2 saturated heterocycles. The summed E-state index contributed by atoms with van der Waals surface area (Å²) >= 11 is 12.3. The molecule has 10 heteroatoms. The fourth-order valence-corrected chi connectivity index (χ4v) is 7.85. The molecule has 5 atom stereocenters. The van der Waals surface area contributed by atoms with E-state index in [0.29, 0.717) is 22.3 Å². The molecule has 41 heavy (non-hydrogen) atoms. The van der Waals surface area contributed by atoms with Crippen LogP contribution >= 0.6 is 23.2 Å². The lowest BCUT2D eigenvalue weighted by atomic mass is 9.74. The predicted octanol–water partition coefficient (Wildman–Crippen LogP) is 5.04. The molecule has 1 aromatic rings. The van der Waals surface area contributed by atoms with Gasteiger partial charge in [0.2, 0.25) is 17.7 Å². The van der Waals surface area contributed by atoms with Crippen LogP contribution in [-0.2, 0) is 19.1 Å². The van der Waals surface area contributed by atoms with Gasteiger partial charge >= 0.3 is 0 Å². The number of rotatable bonds is 12. The number of carbonyl (C=O) groups is 3. The quantitative estimate of drug-likeness (QED) is 0.326. The number of amides is 3. The second-order valence-corrected chi connectivity index (χ2v) is 12.8. The normalized spacial score (nSPS) is 28.9. The summed E-state index contributed by atoms with van der Waals surface area (Å²) in [6.45, 7) is 7.62. The summed E-state index contributed by atoms with van der Waals surface area (Å²) in [7, 11) is 0. The molecule has 4 aliphatic rings. The molecule has 1 spiro atoms. The van der Waals surface area contributed by atoms with E-state index < -0.39 is 29.6 Å². The third-order valence-corrected chi connectivity index (χ3v) is 9.40. The van der Waals surface area contributed by atoms with Gasteiger partial charge in [0.15, 0.2) is 0 Å². The molecule has 3 amide bonds. The molecule has 224 valence electrons. The van der Waals surface area contributed by atoms with Gasteiger partial charge in [0.1, 0.15) is 11.6 Å². The maximum Gasteiger partial charge on any atom is 0.246 e. The van der Waals surface area contributed by atoms with Gasteiger partial charge in [-0.3, -0.25) is 14.4 Å². The molecule has 3 heterocycles. The molecule has 1 aliphatic carbocycles. The number of benzene rings is 1. The van der Waals surface area contributed by atoms with Crippen molar-refractivity contribution in [3.8, 4) is 0 Å². The van der Waals surface area contributed by atoms with Gasteiger partial charge in [-0.25, -0.2) is 0 Å². The van der Waals surface area contributed by atoms with E-state index in [-0.39, 0.29) is 23.8 Å². The zero-order valence-corrected chi connectivity index (χ0v) is 25.6. The molecular weight excluding hydrogens is 563 g/mol. The van der Waals surface area contributed by atoms with Crippen LogP contribution in [0.2, 0.25) is 10.0 Å². The van der Waals surface area contributed by atoms with Crippen LogP contribution < -0.4 is 10.6 Å². The minimum absolute atomic E-state index is 0.0995. The van der Waals surface area contributed by atoms with E-state index in [1.807, 2.05) is 12.2 Å². The van der Waals surface area contributed by atoms with Crippen LogP contribution in [-0.4, -0.2) is 77.5 Å². The maximum atomic E-state index is 14.2. The molecular formula is C31H42Cl2N4O4. The summed E-state index contributed by atoms with van der Waals surface area (Å²) in [6.07, 6.45) is 11.2. The SMILES string of the molecule is CCCN(CCC)CCCN1C(=O)[C@H]2[C@@H](C(=O)Nc3cc(Cl)cc(Cl)c3)[C@H]3C=C[C@@]2(O3)[C@H]1C(=O)NC1CCCCC1. The first kappa shape index (κ1) is 30.3. The Balaban J connectivity index is 1.39. The van der Waals surface area contributed by atoms with Gasteiger partial charge in [0.25, 0.3) is 0 Å². The zero-order valence-electron chi connectivity index (χ0n) is 24.0. The predicted molar refractivity (Wildman–Crippen MR) is 161 cm³/mol. The standard InChI is InChI=1S/C31H42Cl2N4O4/c1-3-13-36(14-4-2)15-8-16-37-27(29(39)34-22-9-6-5-7-10-22)31-12-11-24(41-31)25(26(31)30(37)40)28(38)35-23-18-20(32)17-21(33)19-23/h11-12,17-19,22,24-27H,3-10,13-16H2,1-2H3,(H,34,39)(H,35,38)/t24-,25+,26-,27-,31+/m1/s1. The third-order valence-electron chi connectivity index (χ3n) is 8.96. The number of hydrogen-bond donors (Lipinski definition) is 2. The van der Waals surface area contributed by atoms with Crippen molar-refractivity contribution in [2.75, 3.05) is 31.5 Å². The molecule has 3 aliphatic heterocycles. The van der Waals surface area contributed by atoms with Crippen LogP contribution in [0.1, 0.15) is 65.2 Å². The van der Waals surface area contributed by atoms with Gasteiger partial charge in [0, 0.05) is 28.3 Å². The molecule has 8 nitrogen and oxygen atoms in total. The summed E-state index contributed by atoms with van der Waals surface area (Å²) in [5.74, 6) is -2.26. The fraction of sp³-hybridized carbons (Fsp3) is 0.645. The zero-order chi connectivity index (χ0) is 29.1. The Hall–Kier alpha value is -2.13. The summed E-state index contributed by atoms with van der Waals surface area (Å²) in [5, 5.41) is 6.94. The van der Waals surface area contributed by atoms with Crippen molar-refractivity contribution in [2.24, 2.45) is 11.8 Å². The Morgan fingerprint density at radius 2 is 1.71 bits per heavy atom. The lowest BCUT2D eigenvalue weighted by molar-refractivity contribution is -0.141. The smallest absolute Gasteiger partial charge is 0.246 e. The summed E-state index contributed by atoms with van der Waals surface area (Å²) in [5.41, 5.74) is -0.713. The van der Waals surface area contributed by atoms with Crippen molar-refractivity contribution in [3.05, 3.63) is 40.4 Å². The highest BCUT2D eigenvalue weighted by Crippen LogP contribution is 2.55. The van der Waals surface area contributed by atoms with Gasteiger partial charge in [-0.2, -0.15) is 0 Å². The number of likely N-dealkylation sites (tertiary alicyclic amines) is 1. The average molecular weight is 606 g/mol. The van der Waals surface area contributed by atoms with Crippen molar-refractivity contribution in [2.45, 2.75) is 89.0 Å². The van der Waals surface area contributed by atoms with Gasteiger partial charge in [-0.1, -0.05) is 68.5 Å². The number of nitrogens with one attached hydrogen (secondary N) is 2. The van der Waals surface area contributed by atoms with Crippen molar-refractivity contribution >= 4 is 46.6 Å². The highest BCUT2D eigenvalue weighted by Gasteiger charge is 2.72. The van der Waals surface area contributed by atoms with E-state index >= 15 is 0 Å². The molecule has 2 bridgehead atoms. The largest absolute Gasteiger partial charge is 0.359 e.